The van der Waals surface area contributed by atoms with Crippen LogP contribution in [-0.4, -0.2) is 12.1 Å². The van der Waals surface area contributed by atoms with Crippen molar-refractivity contribution in [1.29, 1.82) is 0 Å². The lowest BCUT2D eigenvalue weighted by Crippen LogP contribution is -2.30. The first kappa shape index (κ1) is 25.7. The Hall–Kier alpha value is -0.0800. The minimum atomic E-state index is 0. The molecule has 0 amide bonds. The van der Waals surface area contributed by atoms with E-state index >= 15 is 0 Å². The maximum Gasteiger partial charge on any atom is 0.00944 e. The summed E-state index contributed by atoms with van der Waals surface area (Å²) in [5.41, 5.74) is 10.6. The largest absolute Gasteiger partial charge is 0.330 e. The maximum absolute atomic E-state index is 5.53. The van der Waals surface area contributed by atoms with Crippen molar-refractivity contribution in [3.63, 3.8) is 0 Å². The average Bonchev–Trinajstić information content (AvgIpc) is 2.18. The fourth-order valence-electron chi connectivity index (χ4n) is 0. The number of hydrogen-bond donors (Lipinski definition) is 2. The Morgan fingerprint density at radius 3 is 1.12 bits per heavy atom. The van der Waals surface area contributed by atoms with Crippen molar-refractivity contribution in [3.05, 3.63) is 0 Å². The quantitative estimate of drug-likeness (QED) is 0.776. The predicted molar refractivity (Wildman–Crippen MR) is 84.3 cm³/mol. The Balaban J connectivity index is -0.0000000741. The van der Waals surface area contributed by atoms with Crippen LogP contribution < -0.4 is 11.5 Å². The standard InChI is InChI=1S/C6H14.C5H13N.C3H9N.CH4/c1-5(2)6(3)4;1-4-5(2,3)6;1-2-3-4;/h5-6H,1-4H3;4,6H2,1-3H3;2-4H2,1H3;1H4. The molecule has 0 spiro atoms. The number of rotatable bonds is 3. The molecule has 2 heteroatoms. The summed E-state index contributed by atoms with van der Waals surface area (Å²) in [6.07, 6.45) is 2.15. The molecule has 0 aromatic carbocycles. The van der Waals surface area contributed by atoms with Gasteiger partial charge in [0.05, 0.1) is 0 Å². The highest BCUT2D eigenvalue weighted by Gasteiger charge is 2.03. The monoisotopic (exact) mass is 248 g/mol. The summed E-state index contributed by atoms with van der Waals surface area (Å²) in [7, 11) is 0. The molecular weight excluding hydrogens is 208 g/mol. The van der Waals surface area contributed by atoms with Gasteiger partial charge in [-0.15, -0.1) is 0 Å². The van der Waals surface area contributed by atoms with E-state index in [4.69, 9.17) is 11.5 Å². The minimum Gasteiger partial charge on any atom is -0.330 e. The van der Waals surface area contributed by atoms with Crippen LogP contribution in [0.4, 0.5) is 0 Å². The van der Waals surface area contributed by atoms with Crippen molar-refractivity contribution >= 4 is 0 Å². The van der Waals surface area contributed by atoms with Gasteiger partial charge in [0.1, 0.15) is 0 Å². The summed E-state index contributed by atoms with van der Waals surface area (Å²) in [6.45, 7) is 18.0. The van der Waals surface area contributed by atoms with Crippen molar-refractivity contribution in [2.45, 2.75) is 81.2 Å². The van der Waals surface area contributed by atoms with Gasteiger partial charge >= 0.3 is 0 Å². The molecule has 0 aliphatic rings. The van der Waals surface area contributed by atoms with E-state index in [0.29, 0.717) is 0 Å². The molecular formula is C15H40N2. The molecule has 2 nitrogen and oxygen atoms in total. The summed E-state index contributed by atoms with van der Waals surface area (Å²) < 4.78 is 0. The van der Waals surface area contributed by atoms with Crippen LogP contribution in [-0.2, 0) is 0 Å². The summed E-state index contributed by atoms with van der Waals surface area (Å²) >= 11 is 0. The molecule has 0 aliphatic heterocycles. The Morgan fingerprint density at radius 1 is 0.941 bits per heavy atom. The lowest BCUT2D eigenvalue weighted by Gasteiger charge is -2.13. The second kappa shape index (κ2) is 15.9. The van der Waals surface area contributed by atoms with E-state index in [1.54, 1.807) is 0 Å². The van der Waals surface area contributed by atoms with Gasteiger partial charge in [0.15, 0.2) is 0 Å². The molecule has 0 unspecified atom stereocenters. The third-order valence-corrected chi connectivity index (χ3v) is 2.53. The van der Waals surface area contributed by atoms with Crippen LogP contribution in [0.3, 0.4) is 0 Å². The summed E-state index contributed by atoms with van der Waals surface area (Å²) in [5, 5.41) is 0. The lowest BCUT2D eigenvalue weighted by molar-refractivity contribution is 0.457. The van der Waals surface area contributed by atoms with Gasteiger partial charge < -0.3 is 11.5 Å². The molecule has 0 bridgehead atoms. The zero-order valence-electron chi connectivity index (χ0n) is 12.9. The van der Waals surface area contributed by atoms with Crippen molar-refractivity contribution < 1.29 is 0 Å². The number of nitrogens with two attached hydrogens (primary N) is 2. The molecule has 0 saturated heterocycles. The molecule has 0 fully saturated rings. The van der Waals surface area contributed by atoms with Crippen LogP contribution in [0.25, 0.3) is 0 Å². The predicted octanol–water partition coefficient (Wildman–Crippen LogP) is 4.42. The SMILES string of the molecule is C.CC(C)C(C)C.CCC(C)(C)N.CCCN. The van der Waals surface area contributed by atoms with E-state index in [-0.39, 0.29) is 13.0 Å². The second-order valence-electron chi connectivity index (χ2n) is 5.62. The van der Waals surface area contributed by atoms with Gasteiger partial charge in [0.25, 0.3) is 0 Å². The molecule has 0 aromatic heterocycles. The van der Waals surface area contributed by atoms with E-state index in [2.05, 4.69) is 41.5 Å². The van der Waals surface area contributed by atoms with Crippen molar-refractivity contribution in [2.75, 3.05) is 6.54 Å². The Morgan fingerprint density at radius 2 is 1.12 bits per heavy atom. The molecule has 17 heavy (non-hydrogen) atoms. The van der Waals surface area contributed by atoms with E-state index in [0.717, 1.165) is 31.2 Å². The summed E-state index contributed by atoms with van der Waals surface area (Å²) in [5.74, 6) is 1.70. The molecule has 110 valence electrons. The fraction of sp³-hybridized carbons (Fsp3) is 1.00. The normalized spacial score (nSPS) is 9.88. The topological polar surface area (TPSA) is 52.0 Å². The molecule has 0 rings (SSSR count). The lowest BCUT2D eigenvalue weighted by atomic mass is 10.0. The van der Waals surface area contributed by atoms with Gasteiger partial charge in [-0.05, 0) is 45.1 Å². The molecule has 0 radical (unpaired) electrons. The molecule has 0 aromatic rings. The Kier molecular flexibility index (Phi) is 24.1. The zero-order chi connectivity index (χ0) is 13.8. The van der Waals surface area contributed by atoms with Crippen molar-refractivity contribution in [3.8, 4) is 0 Å². The fourth-order valence-corrected chi connectivity index (χ4v) is 0. The minimum absolute atomic E-state index is 0. The Labute approximate surface area is 112 Å². The van der Waals surface area contributed by atoms with Gasteiger partial charge in [-0.25, -0.2) is 0 Å². The first-order valence-electron chi connectivity index (χ1n) is 6.61. The van der Waals surface area contributed by atoms with Crippen LogP contribution >= 0.6 is 0 Å². The molecule has 0 saturated carbocycles. The van der Waals surface area contributed by atoms with E-state index in [1.807, 2.05) is 13.8 Å². The first-order valence-corrected chi connectivity index (χ1v) is 6.61. The smallest absolute Gasteiger partial charge is 0.00944 e. The molecule has 0 heterocycles. The zero-order valence-corrected chi connectivity index (χ0v) is 12.9. The third kappa shape index (κ3) is 49.2. The van der Waals surface area contributed by atoms with E-state index in [9.17, 15) is 0 Å². The van der Waals surface area contributed by atoms with Gasteiger partial charge in [-0.3, -0.25) is 0 Å². The highest BCUT2D eigenvalue weighted by molar-refractivity contribution is 4.67. The van der Waals surface area contributed by atoms with E-state index in [1.165, 1.54) is 0 Å². The van der Waals surface area contributed by atoms with Crippen molar-refractivity contribution in [2.24, 2.45) is 23.3 Å². The highest BCUT2D eigenvalue weighted by Crippen LogP contribution is 2.05. The highest BCUT2D eigenvalue weighted by atomic mass is 14.7. The van der Waals surface area contributed by atoms with Crippen LogP contribution in [0.5, 0.6) is 0 Å². The second-order valence-corrected chi connectivity index (χ2v) is 5.62. The number of hydrogen-bond acceptors (Lipinski definition) is 2. The van der Waals surface area contributed by atoms with Gasteiger partial charge in [-0.1, -0.05) is 49.0 Å². The molecule has 0 aliphatic carbocycles. The Bertz CT molecular complexity index is 105. The van der Waals surface area contributed by atoms with E-state index < -0.39 is 0 Å². The van der Waals surface area contributed by atoms with Gasteiger partial charge in [0.2, 0.25) is 0 Å². The van der Waals surface area contributed by atoms with Gasteiger partial charge in [0, 0.05) is 5.54 Å². The average molecular weight is 248 g/mol. The van der Waals surface area contributed by atoms with Crippen LogP contribution in [0, 0.1) is 11.8 Å². The third-order valence-electron chi connectivity index (χ3n) is 2.53. The summed E-state index contributed by atoms with van der Waals surface area (Å²) in [6, 6.07) is 0. The van der Waals surface area contributed by atoms with Crippen LogP contribution in [0.1, 0.15) is 75.7 Å². The maximum atomic E-state index is 5.53. The molecule has 4 N–H and O–H groups in total. The van der Waals surface area contributed by atoms with Crippen LogP contribution in [0.15, 0.2) is 0 Å². The van der Waals surface area contributed by atoms with Crippen LogP contribution in [0.2, 0.25) is 0 Å². The molecule has 0 atom stereocenters. The van der Waals surface area contributed by atoms with Crippen molar-refractivity contribution in [1.82, 2.24) is 0 Å². The van der Waals surface area contributed by atoms with Gasteiger partial charge in [-0.2, -0.15) is 0 Å². The summed E-state index contributed by atoms with van der Waals surface area (Å²) in [4.78, 5) is 0. The first-order chi connectivity index (χ1) is 7.12.